The fraction of sp³-hybridized carbons (Fsp3) is 0.250. The minimum Gasteiger partial charge on any atom is -0.497 e. The molecule has 0 saturated carbocycles. The van der Waals surface area contributed by atoms with Crippen molar-refractivity contribution in [1.29, 1.82) is 0 Å². The van der Waals surface area contributed by atoms with Gasteiger partial charge in [0, 0.05) is 17.1 Å². The van der Waals surface area contributed by atoms with Crippen molar-refractivity contribution in [2.45, 2.75) is 16.4 Å². The Kier molecular flexibility index (Phi) is 5.03. The van der Waals surface area contributed by atoms with Crippen LogP contribution in [0.25, 0.3) is 0 Å². The highest BCUT2D eigenvalue weighted by molar-refractivity contribution is 8.05. The summed E-state index contributed by atoms with van der Waals surface area (Å²) in [6.45, 7) is 1.88. The van der Waals surface area contributed by atoms with Gasteiger partial charge in [0.2, 0.25) is 0 Å². The van der Waals surface area contributed by atoms with E-state index in [2.05, 4.69) is 0 Å². The molecule has 118 valence electrons. The fourth-order valence-electron chi connectivity index (χ4n) is 2.16. The van der Waals surface area contributed by atoms with Gasteiger partial charge in [0.15, 0.2) is 14.4 Å². The maximum absolute atomic E-state index is 12.8. The van der Waals surface area contributed by atoms with Gasteiger partial charge in [-0.25, -0.2) is 8.42 Å². The predicted octanol–water partition coefficient (Wildman–Crippen LogP) is 2.85. The van der Waals surface area contributed by atoms with Crippen LogP contribution in [0.1, 0.15) is 15.7 Å². The molecule has 0 N–H and O–H groups in total. The number of rotatable bonds is 5. The minimum absolute atomic E-state index is 0.175. The second kappa shape index (κ2) is 6.62. The lowest BCUT2D eigenvalue weighted by atomic mass is 10.2. The van der Waals surface area contributed by atoms with Gasteiger partial charge in [0.1, 0.15) is 5.75 Å². The standard InChI is InChI=1S/C16H18O4S2/c1-12-4-10-15(11-5-12)22(18,19)16(21(3)17)13-6-8-14(20-2)9-7-13/h4-11,16H,1-3H3. The number of aryl methyl sites for hydroxylation is 1. The lowest BCUT2D eigenvalue weighted by molar-refractivity contribution is 0.414. The zero-order valence-electron chi connectivity index (χ0n) is 12.6. The van der Waals surface area contributed by atoms with E-state index in [-0.39, 0.29) is 4.90 Å². The number of sulfone groups is 1. The Morgan fingerprint density at radius 1 is 1.00 bits per heavy atom. The van der Waals surface area contributed by atoms with Crippen LogP contribution in [-0.4, -0.2) is 26.0 Å². The van der Waals surface area contributed by atoms with Gasteiger partial charge in [0.05, 0.1) is 12.0 Å². The van der Waals surface area contributed by atoms with Crippen LogP contribution in [0.5, 0.6) is 5.75 Å². The first-order valence-corrected chi connectivity index (χ1v) is 9.80. The van der Waals surface area contributed by atoms with Gasteiger partial charge in [-0.2, -0.15) is 0 Å². The molecule has 6 heteroatoms. The van der Waals surface area contributed by atoms with E-state index in [9.17, 15) is 12.6 Å². The monoisotopic (exact) mass is 338 g/mol. The normalized spacial score (nSPS) is 14.3. The second-order valence-electron chi connectivity index (χ2n) is 4.96. The molecule has 0 radical (unpaired) electrons. The smallest absolute Gasteiger partial charge is 0.197 e. The summed E-state index contributed by atoms with van der Waals surface area (Å²) in [5, 5.41) is 0. The third kappa shape index (κ3) is 3.39. The van der Waals surface area contributed by atoms with Gasteiger partial charge in [-0.15, -0.1) is 0 Å². The lowest BCUT2D eigenvalue weighted by Gasteiger charge is -2.16. The largest absolute Gasteiger partial charge is 0.497 e. The van der Waals surface area contributed by atoms with Crippen molar-refractivity contribution in [1.82, 2.24) is 0 Å². The lowest BCUT2D eigenvalue weighted by Crippen LogP contribution is -2.18. The zero-order valence-corrected chi connectivity index (χ0v) is 14.3. The summed E-state index contributed by atoms with van der Waals surface area (Å²) >= 11 is 0. The van der Waals surface area contributed by atoms with Crippen LogP contribution < -0.4 is 4.74 Å². The Balaban J connectivity index is 2.50. The van der Waals surface area contributed by atoms with Crippen molar-refractivity contribution < 1.29 is 17.4 Å². The van der Waals surface area contributed by atoms with Crippen molar-refractivity contribution in [3.05, 3.63) is 59.7 Å². The molecule has 2 aromatic carbocycles. The molecule has 2 unspecified atom stereocenters. The molecule has 2 aromatic rings. The van der Waals surface area contributed by atoms with E-state index >= 15 is 0 Å². The third-order valence-corrected chi connectivity index (χ3v) is 7.53. The Morgan fingerprint density at radius 2 is 1.55 bits per heavy atom. The van der Waals surface area contributed by atoms with E-state index < -0.39 is 25.2 Å². The SMILES string of the molecule is COc1ccc(C(S(C)=O)S(=O)(=O)c2ccc(C)cc2)cc1. The van der Waals surface area contributed by atoms with Gasteiger partial charge in [0.25, 0.3) is 0 Å². The Labute approximate surface area is 133 Å². The molecule has 22 heavy (non-hydrogen) atoms. The summed E-state index contributed by atoms with van der Waals surface area (Å²) in [6, 6.07) is 13.2. The highest BCUT2D eigenvalue weighted by Gasteiger charge is 2.32. The molecule has 2 rings (SSSR count). The average Bonchev–Trinajstić information content (AvgIpc) is 2.48. The second-order valence-corrected chi connectivity index (χ2v) is 8.76. The van der Waals surface area contributed by atoms with Gasteiger partial charge in [-0.3, -0.25) is 4.21 Å². The molecule has 0 heterocycles. The number of methoxy groups -OCH3 is 1. The first kappa shape index (κ1) is 16.7. The molecule has 0 aliphatic carbocycles. The predicted molar refractivity (Wildman–Crippen MR) is 88.2 cm³/mol. The Hall–Kier alpha value is -1.66. The van der Waals surface area contributed by atoms with Crippen LogP contribution in [0.2, 0.25) is 0 Å². The number of hydrogen-bond donors (Lipinski definition) is 0. The summed E-state index contributed by atoms with van der Waals surface area (Å²) < 4.78 is 41.7. The first-order chi connectivity index (χ1) is 10.4. The molecule has 0 bridgehead atoms. The maximum atomic E-state index is 12.8. The molecule has 0 spiro atoms. The molecule has 2 atom stereocenters. The summed E-state index contributed by atoms with van der Waals surface area (Å²) in [5.74, 6) is 0.622. The van der Waals surface area contributed by atoms with Crippen LogP contribution >= 0.6 is 0 Å². The van der Waals surface area contributed by atoms with Gasteiger partial charge >= 0.3 is 0 Å². The van der Waals surface area contributed by atoms with Crippen LogP contribution in [0.3, 0.4) is 0 Å². The van der Waals surface area contributed by atoms with Crippen molar-refractivity contribution in [3.8, 4) is 5.75 Å². The molecule has 0 aromatic heterocycles. The molecule has 0 saturated heterocycles. The van der Waals surface area contributed by atoms with Crippen molar-refractivity contribution in [2.24, 2.45) is 0 Å². The molecular formula is C16H18O4S2. The minimum atomic E-state index is -3.73. The van der Waals surface area contributed by atoms with Gasteiger partial charge < -0.3 is 4.74 Å². The van der Waals surface area contributed by atoms with E-state index in [0.717, 1.165) is 5.56 Å². The van der Waals surface area contributed by atoms with E-state index in [1.54, 1.807) is 48.5 Å². The molecule has 0 amide bonds. The van der Waals surface area contributed by atoms with E-state index in [1.165, 1.54) is 13.4 Å². The fourth-order valence-corrected chi connectivity index (χ4v) is 5.74. The Morgan fingerprint density at radius 3 is 2.00 bits per heavy atom. The highest BCUT2D eigenvalue weighted by Crippen LogP contribution is 2.32. The highest BCUT2D eigenvalue weighted by atomic mass is 32.3. The molecule has 4 nitrogen and oxygen atoms in total. The third-order valence-electron chi connectivity index (χ3n) is 3.32. The molecule has 0 aliphatic heterocycles. The summed E-state index contributed by atoms with van der Waals surface area (Å²) in [7, 11) is -3.76. The van der Waals surface area contributed by atoms with Gasteiger partial charge in [-0.05, 0) is 36.8 Å². The summed E-state index contributed by atoms with van der Waals surface area (Å²) in [5.41, 5.74) is 1.46. The number of hydrogen-bond acceptors (Lipinski definition) is 4. The van der Waals surface area contributed by atoms with E-state index in [0.29, 0.717) is 11.3 Å². The molecule has 0 fully saturated rings. The molecule has 0 aliphatic rings. The van der Waals surface area contributed by atoms with E-state index in [4.69, 9.17) is 4.74 Å². The number of ether oxygens (including phenoxy) is 1. The maximum Gasteiger partial charge on any atom is 0.197 e. The topological polar surface area (TPSA) is 60.4 Å². The summed E-state index contributed by atoms with van der Waals surface area (Å²) in [6.07, 6.45) is 1.40. The van der Waals surface area contributed by atoms with Crippen molar-refractivity contribution in [2.75, 3.05) is 13.4 Å². The van der Waals surface area contributed by atoms with Crippen LogP contribution in [-0.2, 0) is 20.6 Å². The van der Waals surface area contributed by atoms with Gasteiger partial charge in [-0.1, -0.05) is 29.8 Å². The zero-order chi connectivity index (χ0) is 16.3. The first-order valence-electron chi connectivity index (χ1n) is 6.63. The van der Waals surface area contributed by atoms with Crippen LogP contribution in [0.15, 0.2) is 53.4 Å². The van der Waals surface area contributed by atoms with E-state index in [1.807, 2.05) is 6.92 Å². The van der Waals surface area contributed by atoms with Crippen LogP contribution in [0.4, 0.5) is 0 Å². The average molecular weight is 338 g/mol. The molecular weight excluding hydrogens is 320 g/mol. The summed E-state index contributed by atoms with van der Waals surface area (Å²) in [4.78, 5) is 0.175. The van der Waals surface area contributed by atoms with Crippen LogP contribution in [0, 0.1) is 6.92 Å². The Bertz CT molecular complexity index is 763. The quantitative estimate of drug-likeness (QED) is 0.841. The van der Waals surface area contributed by atoms with Crippen molar-refractivity contribution in [3.63, 3.8) is 0 Å². The number of benzene rings is 2. The van der Waals surface area contributed by atoms with Crippen molar-refractivity contribution >= 4 is 20.6 Å².